The summed E-state index contributed by atoms with van der Waals surface area (Å²) in [6.07, 6.45) is -3.32. The Morgan fingerprint density at radius 1 is 1.04 bits per heavy atom. The van der Waals surface area contributed by atoms with E-state index in [1.165, 1.54) is 10.7 Å². The predicted molar refractivity (Wildman–Crippen MR) is 105 cm³/mol. The maximum atomic E-state index is 13.1. The Kier molecular flexibility index (Phi) is 4.98. The Bertz CT molecular complexity index is 1060. The molecule has 0 spiro atoms. The molecule has 0 saturated carbocycles. The van der Waals surface area contributed by atoms with Crippen molar-refractivity contribution in [2.24, 2.45) is 0 Å². The summed E-state index contributed by atoms with van der Waals surface area (Å²) < 4.78 is 40.9. The molecule has 0 aliphatic carbocycles. The molecule has 0 atom stereocenters. The second-order valence-corrected chi connectivity index (χ2v) is 7.69. The summed E-state index contributed by atoms with van der Waals surface area (Å²) in [6.45, 7) is 0.672. The molecule has 0 bridgehead atoms. The monoisotopic (exact) mass is 445 g/mol. The SMILES string of the molecule is FC(F)(F)c1ccc(Cl)c(-n2nc(Cc3ccc(Cl)cc3Cl)c3c2NCC3)c1. The third-order valence-corrected chi connectivity index (χ3v) is 5.52. The molecular formula is C19H13Cl3F3N3. The van der Waals surface area contributed by atoms with Gasteiger partial charge in [0.25, 0.3) is 0 Å². The van der Waals surface area contributed by atoms with Crippen LogP contribution in [-0.2, 0) is 19.0 Å². The number of aromatic nitrogens is 2. The van der Waals surface area contributed by atoms with Crippen LogP contribution in [0.4, 0.5) is 19.0 Å². The number of rotatable bonds is 3. The molecule has 4 rings (SSSR count). The number of halogens is 6. The number of benzene rings is 2. The van der Waals surface area contributed by atoms with Crippen LogP contribution >= 0.6 is 34.8 Å². The third kappa shape index (κ3) is 3.56. The lowest BCUT2D eigenvalue weighted by molar-refractivity contribution is -0.137. The molecule has 1 aromatic heterocycles. The summed E-state index contributed by atoms with van der Waals surface area (Å²) in [5, 5.41) is 8.97. The van der Waals surface area contributed by atoms with E-state index >= 15 is 0 Å². The predicted octanol–water partition coefficient (Wildman–Crippen LogP) is 6.41. The van der Waals surface area contributed by atoms with Crippen molar-refractivity contribution in [3.05, 3.63) is 73.9 Å². The van der Waals surface area contributed by atoms with E-state index < -0.39 is 11.7 Å². The van der Waals surface area contributed by atoms with Crippen molar-refractivity contribution in [1.29, 1.82) is 0 Å². The zero-order valence-corrected chi connectivity index (χ0v) is 16.5. The molecule has 2 heterocycles. The first-order chi connectivity index (χ1) is 13.2. The zero-order valence-electron chi connectivity index (χ0n) is 14.2. The quantitative estimate of drug-likeness (QED) is 0.504. The van der Waals surface area contributed by atoms with Gasteiger partial charge in [0.1, 0.15) is 5.82 Å². The van der Waals surface area contributed by atoms with Gasteiger partial charge >= 0.3 is 6.18 Å². The van der Waals surface area contributed by atoms with E-state index in [9.17, 15) is 13.2 Å². The Morgan fingerprint density at radius 3 is 2.54 bits per heavy atom. The van der Waals surface area contributed by atoms with Gasteiger partial charge in [-0.2, -0.15) is 18.3 Å². The maximum absolute atomic E-state index is 13.1. The lowest BCUT2D eigenvalue weighted by atomic mass is 10.1. The normalized spacial score (nSPS) is 13.5. The molecule has 9 heteroatoms. The van der Waals surface area contributed by atoms with E-state index in [2.05, 4.69) is 10.4 Å². The van der Waals surface area contributed by atoms with Crippen LogP contribution in [0.1, 0.15) is 22.4 Å². The molecule has 0 amide bonds. The largest absolute Gasteiger partial charge is 0.416 e. The fraction of sp³-hybridized carbons (Fsp3) is 0.211. The number of fused-ring (bicyclic) bond motifs is 1. The van der Waals surface area contributed by atoms with E-state index in [1.54, 1.807) is 12.1 Å². The van der Waals surface area contributed by atoms with Crippen LogP contribution in [0, 0.1) is 0 Å². The Hall–Kier alpha value is -1.89. The molecule has 1 aliphatic rings. The zero-order chi connectivity index (χ0) is 20.1. The standard InChI is InChI=1S/C19H13Cl3F3N3/c20-12-3-1-10(15(22)9-12)7-16-13-5-6-26-18(13)28(27-16)17-8-11(19(23,24)25)2-4-14(17)21/h1-4,8-9,26H,5-7H2. The summed E-state index contributed by atoms with van der Waals surface area (Å²) in [4.78, 5) is 0. The molecule has 1 aliphatic heterocycles. The minimum absolute atomic E-state index is 0.176. The van der Waals surface area contributed by atoms with Crippen LogP contribution in [0.2, 0.25) is 15.1 Å². The third-order valence-electron chi connectivity index (χ3n) is 4.61. The van der Waals surface area contributed by atoms with Crippen LogP contribution in [-0.4, -0.2) is 16.3 Å². The highest BCUT2D eigenvalue weighted by Gasteiger charge is 2.32. The second-order valence-electron chi connectivity index (χ2n) is 6.44. The van der Waals surface area contributed by atoms with Crippen LogP contribution in [0.15, 0.2) is 36.4 Å². The van der Waals surface area contributed by atoms with Gasteiger partial charge in [0.15, 0.2) is 0 Å². The average molecular weight is 447 g/mol. The fourth-order valence-electron chi connectivity index (χ4n) is 3.26. The molecule has 1 N–H and O–H groups in total. The number of nitrogens with one attached hydrogen (secondary N) is 1. The molecule has 2 aromatic carbocycles. The van der Waals surface area contributed by atoms with E-state index in [-0.39, 0.29) is 10.7 Å². The first kappa shape index (κ1) is 19.4. The summed E-state index contributed by atoms with van der Waals surface area (Å²) in [5.41, 5.74) is 1.91. The Morgan fingerprint density at radius 2 is 1.82 bits per heavy atom. The van der Waals surface area contributed by atoms with Crippen molar-refractivity contribution < 1.29 is 13.2 Å². The number of hydrogen-bond acceptors (Lipinski definition) is 2. The minimum atomic E-state index is -4.47. The Labute approximate surface area is 174 Å². The maximum Gasteiger partial charge on any atom is 0.416 e. The Balaban J connectivity index is 1.79. The number of anilines is 1. The smallest absolute Gasteiger partial charge is 0.369 e. The lowest BCUT2D eigenvalue weighted by Crippen LogP contribution is -2.09. The molecule has 146 valence electrons. The second kappa shape index (κ2) is 7.17. The molecule has 0 radical (unpaired) electrons. The molecule has 0 unspecified atom stereocenters. The highest BCUT2D eigenvalue weighted by atomic mass is 35.5. The van der Waals surface area contributed by atoms with E-state index in [0.717, 1.165) is 29.0 Å². The molecule has 28 heavy (non-hydrogen) atoms. The minimum Gasteiger partial charge on any atom is -0.369 e. The van der Waals surface area contributed by atoms with Gasteiger partial charge in [-0.05, 0) is 42.3 Å². The first-order valence-corrected chi connectivity index (χ1v) is 9.53. The van der Waals surface area contributed by atoms with Crippen LogP contribution < -0.4 is 5.32 Å². The molecule has 0 fully saturated rings. The summed E-state index contributed by atoms with van der Waals surface area (Å²) in [6, 6.07) is 8.40. The van der Waals surface area contributed by atoms with Gasteiger partial charge in [0.05, 0.1) is 22.0 Å². The summed E-state index contributed by atoms with van der Waals surface area (Å²) in [5.74, 6) is 0.654. The van der Waals surface area contributed by atoms with E-state index in [0.29, 0.717) is 35.2 Å². The van der Waals surface area contributed by atoms with Crippen LogP contribution in [0.25, 0.3) is 5.69 Å². The van der Waals surface area contributed by atoms with Gasteiger partial charge < -0.3 is 5.32 Å². The highest BCUT2D eigenvalue weighted by Crippen LogP contribution is 2.37. The average Bonchev–Trinajstić information content (AvgIpc) is 3.20. The van der Waals surface area contributed by atoms with E-state index in [4.69, 9.17) is 34.8 Å². The number of nitrogens with zero attached hydrogens (tertiary/aromatic N) is 2. The van der Waals surface area contributed by atoms with Crippen molar-refractivity contribution >= 4 is 40.6 Å². The van der Waals surface area contributed by atoms with Crippen molar-refractivity contribution in [2.75, 3.05) is 11.9 Å². The molecule has 0 saturated heterocycles. The lowest BCUT2D eigenvalue weighted by Gasteiger charge is -2.12. The van der Waals surface area contributed by atoms with Crippen molar-refractivity contribution in [2.45, 2.75) is 19.0 Å². The fourth-order valence-corrected chi connectivity index (χ4v) is 3.93. The van der Waals surface area contributed by atoms with E-state index in [1.807, 2.05) is 6.07 Å². The highest BCUT2D eigenvalue weighted by molar-refractivity contribution is 6.35. The molecular weight excluding hydrogens is 434 g/mol. The number of alkyl halides is 3. The first-order valence-electron chi connectivity index (χ1n) is 8.39. The van der Waals surface area contributed by atoms with Gasteiger partial charge in [-0.15, -0.1) is 0 Å². The van der Waals surface area contributed by atoms with Gasteiger partial charge in [-0.25, -0.2) is 4.68 Å². The van der Waals surface area contributed by atoms with Gasteiger partial charge in [0.2, 0.25) is 0 Å². The van der Waals surface area contributed by atoms with Gasteiger partial charge in [0, 0.05) is 28.6 Å². The molecule has 3 aromatic rings. The molecule has 3 nitrogen and oxygen atoms in total. The summed E-state index contributed by atoms with van der Waals surface area (Å²) >= 11 is 18.4. The van der Waals surface area contributed by atoms with Crippen LogP contribution in [0.5, 0.6) is 0 Å². The number of hydrogen-bond donors (Lipinski definition) is 1. The van der Waals surface area contributed by atoms with Crippen LogP contribution in [0.3, 0.4) is 0 Å². The van der Waals surface area contributed by atoms with Crippen molar-refractivity contribution in [3.63, 3.8) is 0 Å². The van der Waals surface area contributed by atoms with Crippen molar-refractivity contribution in [1.82, 2.24) is 9.78 Å². The topological polar surface area (TPSA) is 29.9 Å². The summed E-state index contributed by atoms with van der Waals surface area (Å²) in [7, 11) is 0. The van der Waals surface area contributed by atoms with Crippen molar-refractivity contribution in [3.8, 4) is 5.69 Å². The van der Waals surface area contributed by atoms with Gasteiger partial charge in [-0.1, -0.05) is 40.9 Å². The van der Waals surface area contributed by atoms with Gasteiger partial charge in [-0.3, -0.25) is 0 Å².